The number of hydrogen-bond acceptors (Lipinski definition) is 6. The van der Waals surface area contributed by atoms with Crippen LogP contribution in [0.2, 0.25) is 0 Å². The van der Waals surface area contributed by atoms with Crippen molar-refractivity contribution in [3.8, 4) is 0 Å². The van der Waals surface area contributed by atoms with Crippen LogP contribution < -0.4 is 0 Å². The molecule has 79 heavy (non-hydrogen) atoms. The second-order valence-corrected chi connectivity index (χ2v) is 20.5. The van der Waals surface area contributed by atoms with Gasteiger partial charge in [0.05, 0.1) is 0 Å². The van der Waals surface area contributed by atoms with Crippen LogP contribution in [0.4, 0.5) is 0 Å². The lowest BCUT2D eigenvalue weighted by atomic mass is 10.1. The molecule has 0 rings (SSSR count). The lowest BCUT2D eigenvalue weighted by Crippen LogP contribution is -2.30. The van der Waals surface area contributed by atoms with Crippen molar-refractivity contribution < 1.29 is 28.6 Å². The fourth-order valence-corrected chi connectivity index (χ4v) is 8.27. The van der Waals surface area contributed by atoms with Crippen LogP contribution in [-0.2, 0) is 28.6 Å². The lowest BCUT2D eigenvalue weighted by molar-refractivity contribution is -0.167. The Morgan fingerprint density at radius 1 is 0.266 bits per heavy atom. The van der Waals surface area contributed by atoms with E-state index in [1.54, 1.807) is 0 Å². The van der Waals surface area contributed by atoms with E-state index < -0.39 is 6.10 Å². The van der Waals surface area contributed by atoms with Crippen molar-refractivity contribution in [2.45, 2.75) is 271 Å². The Bertz CT molecular complexity index is 1780. The van der Waals surface area contributed by atoms with E-state index in [-0.39, 0.29) is 31.1 Å². The smallest absolute Gasteiger partial charge is 0.306 e. The average molecular weight is 1090 g/mol. The summed E-state index contributed by atoms with van der Waals surface area (Å²) >= 11 is 0. The van der Waals surface area contributed by atoms with E-state index >= 15 is 0 Å². The SMILES string of the molecule is CC/C=C\C/C=C\C/C=C\C/C=C\C/C=C\C/C=C\C/C=C\C/C=C\C/C=C\CCCCCCCC(=O)OCC(COC(=O)CCCCC/C=C\C/C=C\C/C=C\CC)OC(=O)CCCCCCC/C=C\CCCCCCCC. The molecule has 6 heteroatoms. The minimum absolute atomic E-state index is 0.107. The quantitative estimate of drug-likeness (QED) is 0.0261. The minimum Gasteiger partial charge on any atom is -0.462 e. The van der Waals surface area contributed by atoms with Gasteiger partial charge >= 0.3 is 17.9 Å². The highest BCUT2D eigenvalue weighted by molar-refractivity contribution is 5.71. The van der Waals surface area contributed by atoms with Gasteiger partial charge in [-0.05, 0) is 148 Å². The highest BCUT2D eigenvalue weighted by Crippen LogP contribution is 2.14. The van der Waals surface area contributed by atoms with E-state index in [4.69, 9.17) is 14.2 Å². The molecule has 0 saturated heterocycles. The van der Waals surface area contributed by atoms with E-state index in [1.165, 1.54) is 51.4 Å². The highest BCUT2D eigenvalue weighted by Gasteiger charge is 2.19. The standard InChI is InChI=1S/C73H116O6/c1-4-7-10-13-16-19-22-25-27-28-29-30-31-32-33-34-35-36-37-38-39-40-41-42-43-44-46-48-51-54-57-60-63-66-72(75)78-69-70(68-77-71(74)65-62-59-56-53-50-47-24-21-18-15-12-9-6-3)79-73(76)67-64-61-58-55-52-49-45-26-23-20-17-14-11-8-5-2/h7,9-10,12,16,18-19,21,25-27,29-30,32-33,35-36,38-39,41-42,44-47,50,70H,4-6,8,11,13-15,17,20,22-24,28,31,34,37,40,43,48-49,51-69H2,1-3H3/b10-7-,12-9-,19-16-,21-18-,27-25-,30-29-,33-32-,36-35-,39-38-,42-41-,45-26-,46-44-,50-47-. The zero-order chi connectivity index (χ0) is 57.1. The Morgan fingerprint density at radius 3 is 0.797 bits per heavy atom. The summed E-state index contributed by atoms with van der Waals surface area (Å²) in [6.07, 6.45) is 95.4. The number of carbonyl (C=O) groups excluding carboxylic acids is 3. The second kappa shape index (κ2) is 65.5. The Morgan fingerprint density at radius 2 is 0.494 bits per heavy atom. The molecule has 1 atom stereocenters. The summed E-state index contributed by atoms with van der Waals surface area (Å²) in [6.45, 7) is 6.35. The first-order valence-corrected chi connectivity index (χ1v) is 32.0. The van der Waals surface area contributed by atoms with E-state index in [2.05, 4.69) is 179 Å². The molecule has 0 aliphatic rings. The van der Waals surface area contributed by atoms with Crippen LogP contribution in [0, 0.1) is 0 Å². The molecule has 0 N–H and O–H groups in total. The van der Waals surface area contributed by atoms with Gasteiger partial charge in [0, 0.05) is 19.3 Å². The first-order valence-electron chi connectivity index (χ1n) is 32.0. The molecule has 0 fully saturated rings. The Kier molecular flexibility index (Phi) is 61.4. The number of unbranched alkanes of at least 4 members (excludes halogenated alkanes) is 19. The summed E-state index contributed by atoms with van der Waals surface area (Å²) in [6, 6.07) is 0. The van der Waals surface area contributed by atoms with Crippen molar-refractivity contribution in [3.63, 3.8) is 0 Å². The zero-order valence-corrected chi connectivity index (χ0v) is 50.8. The van der Waals surface area contributed by atoms with Crippen molar-refractivity contribution in [2.75, 3.05) is 13.2 Å². The third-order valence-corrected chi connectivity index (χ3v) is 13.0. The number of hydrogen-bond donors (Lipinski definition) is 0. The summed E-state index contributed by atoms with van der Waals surface area (Å²) < 4.78 is 16.8. The molecule has 0 spiro atoms. The summed E-state index contributed by atoms with van der Waals surface area (Å²) in [5.41, 5.74) is 0. The van der Waals surface area contributed by atoms with Crippen molar-refractivity contribution >= 4 is 17.9 Å². The van der Waals surface area contributed by atoms with Crippen molar-refractivity contribution in [2.24, 2.45) is 0 Å². The average Bonchev–Trinajstić information content (AvgIpc) is 3.45. The van der Waals surface area contributed by atoms with Gasteiger partial charge in [-0.15, -0.1) is 0 Å². The molecule has 0 saturated carbocycles. The molecular formula is C73H116O6. The van der Waals surface area contributed by atoms with Gasteiger partial charge in [0.2, 0.25) is 0 Å². The Balaban J connectivity index is 4.35. The highest BCUT2D eigenvalue weighted by atomic mass is 16.6. The molecule has 0 aliphatic heterocycles. The number of esters is 3. The van der Waals surface area contributed by atoms with Crippen LogP contribution in [0.3, 0.4) is 0 Å². The van der Waals surface area contributed by atoms with E-state index in [0.29, 0.717) is 19.3 Å². The Labute approximate surface area is 486 Å². The maximum absolute atomic E-state index is 12.9. The maximum Gasteiger partial charge on any atom is 0.306 e. The fraction of sp³-hybridized carbons (Fsp3) is 0.603. The summed E-state index contributed by atoms with van der Waals surface area (Å²) in [4.78, 5) is 38.2. The van der Waals surface area contributed by atoms with Gasteiger partial charge in [0.25, 0.3) is 0 Å². The molecule has 0 heterocycles. The molecule has 0 aliphatic carbocycles. The molecule has 0 aromatic rings. The second-order valence-electron chi connectivity index (χ2n) is 20.5. The van der Waals surface area contributed by atoms with Crippen molar-refractivity contribution in [1.82, 2.24) is 0 Å². The molecule has 444 valence electrons. The molecule has 6 nitrogen and oxygen atoms in total. The van der Waals surface area contributed by atoms with Crippen molar-refractivity contribution in [3.05, 3.63) is 158 Å². The molecule has 0 radical (unpaired) electrons. The maximum atomic E-state index is 12.9. The number of carbonyl (C=O) groups is 3. The summed E-state index contributed by atoms with van der Waals surface area (Å²) in [7, 11) is 0. The van der Waals surface area contributed by atoms with Crippen molar-refractivity contribution in [1.29, 1.82) is 0 Å². The molecule has 0 bridgehead atoms. The van der Waals surface area contributed by atoms with E-state index in [9.17, 15) is 14.4 Å². The van der Waals surface area contributed by atoms with Crippen LogP contribution in [-0.4, -0.2) is 37.2 Å². The van der Waals surface area contributed by atoms with Gasteiger partial charge in [0.1, 0.15) is 13.2 Å². The topological polar surface area (TPSA) is 78.9 Å². The zero-order valence-electron chi connectivity index (χ0n) is 50.8. The lowest BCUT2D eigenvalue weighted by Gasteiger charge is -2.18. The number of ether oxygens (including phenoxy) is 3. The molecule has 0 aromatic heterocycles. The van der Waals surface area contributed by atoms with Crippen LogP contribution in [0.5, 0.6) is 0 Å². The first kappa shape index (κ1) is 74.0. The van der Waals surface area contributed by atoms with E-state index in [1.807, 2.05) is 0 Å². The monoisotopic (exact) mass is 1090 g/mol. The minimum atomic E-state index is -0.810. The van der Waals surface area contributed by atoms with Gasteiger partial charge < -0.3 is 14.2 Å². The van der Waals surface area contributed by atoms with E-state index in [0.717, 1.165) is 173 Å². The number of rotatable bonds is 56. The predicted octanol–water partition coefficient (Wildman–Crippen LogP) is 22.1. The van der Waals surface area contributed by atoms with Crippen LogP contribution in [0.15, 0.2) is 158 Å². The van der Waals surface area contributed by atoms with Crippen LogP contribution >= 0.6 is 0 Å². The largest absolute Gasteiger partial charge is 0.462 e. The summed E-state index contributed by atoms with van der Waals surface area (Å²) in [5.74, 6) is -0.966. The molecule has 0 amide bonds. The van der Waals surface area contributed by atoms with Gasteiger partial charge in [0.15, 0.2) is 6.10 Å². The molecular weight excluding hydrogens is 973 g/mol. The molecule has 1 unspecified atom stereocenters. The third kappa shape index (κ3) is 63.7. The van der Waals surface area contributed by atoms with Gasteiger partial charge in [-0.2, -0.15) is 0 Å². The van der Waals surface area contributed by atoms with Crippen LogP contribution in [0.25, 0.3) is 0 Å². The fourth-order valence-electron chi connectivity index (χ4n) is 8.27. The summed E-state index contributed by atoms with van der Waals surface area (Å²) in [5, 5.41) is 0. The predicted molar refractivity (Wildman–Crippen MR) is 343 cm³/mol. The third-order valence-electron chi connectivity index (χ3n) is 13.0. The number of allylic oxidation sites excluding steroid dienone is 26. The van der Waals surface area contributed by atoms with Gasteiger partial charge in [-0.1, -0.05) is 256 Å². The normalized spacial score (nSPS) is 13.2. The first-order chi connectivity index (χ1) is 39.0. The Hall–Kier alpha value is -4.97. The van der Waals surface area contributed by atoms with Crippen LogP contribution in [0.1, 0.15) is 265 Å². The molecule has 0 aromatic carbocycles. The van der Waals surface area contributed by atoms with Gasteiger partial charge in [-0.25, -0.2) is 0 Å². The van der Waals surface area contributed by atoms with Gasteiger partial charge in [-0.3, -0.25) is 14.4 Å².